The van der Waals surface area contributed by atoms with Crippen molar-refractivity contribution in [3.8, 4) is 0 Å². The third kappa shape index (κ3) is 5.33. The third-order valence-corrected chi connectivity index (χ3v) is 4.05. The molecule has 0 aromatic heterocycles. The van der Waals surface area contributed by atoms with Crippen LogP contribution in [0.1, 0.15) is 32.3 Å². The molecule has 1 aromatic carbocycles. The molecule has 1 fully saturated rings. The molecule has 0 aliphatic carbocycles. The summed E-state index contributed by atoms with van der Waals surface area (Å²) in [5.74, 6) is 0.886. The van der Waals surface area contributed by atoms with Gasteiger partial charge in [0, 0.05) is 19.1 Å². The van der Waals surface area contributed by atoms with Crippen molar-refractivity contribution in [2.45, 2.75) is 39.2 Å². The molecule has 0 amide bonds. The second kappa shape index (κ2) is 7.66. The largest absolute Gasteiger partial charge is 0.313 e. The van der Waals surface area contributed by atoms with Crippen LogP contribution in [0.4, 0.5) is 0 Å². The van der Waals surface area contributed by atoms with Crippen molar-refractivity contribution in [2.75, 3.05) is 26.2 Å². The zero-order valence-corrected chi connectivity index (χ0v) is 12.4. The second-order valence-corrected chi connectivity index (χ2v) is 6.08. The SMILES string of the molecule is CC(C)NCCN1CCC(Cc2ccccc2)CC1. The van der Waals surface area contributed by atoms with Crippen LogP contribution in [0.3, 0.4) is 0 Å². The van der Waals surface area contributed by atoms with Crippen LogP contribution in [0.5, 0.6) is 0 Å². The molecule has 0 bridgehead atoms. The van der Waals surface area contributed by atoms with Crippen molar-refractivity contribution in [2.24, 2.45) is 5.92 Å². The molecular weight excluding hydrogens is 232 g/mol. The standard InChI is InChI=1S/C17H28N2/c1-15(2)18-10-13-19-11-8-17(9-12-19)14-16-6-4-3-5-7-16/h3-7,15,17-18H,8-14H2,1-2H3. The first-order valence-electron chi connectivity index (χ1n) is 7.73. The summed E-state index contributed by atoms with van der Waals surface area (Å²) in [4.78, 5) is 2.61. The number of nitrogens with one attached hydrogen (secondary N) is 1. The smallest absolute Gasteiger partial charge is 0.0107 e. The second-order valence-electron chi connectivity index (χ2n) is 6.08. The quantitative estimate of drug-likeness (QED) is 0.846. The molecule has 1 saturated heterocycles. The van der Waals surface area contributed by atoms with Crippen LogP contribution in [0, 0.1) is 5.92 Å². The maximum atomic E-state index is 3.50. The van der Waals surface area contributed by atoms with E-state index in [1.54, 1.807) is 0 Å². The Morgan fingerprint density at radius 1 is 1.16 bits per heavy atom. The molecule has 1 aromatic rings. The van der Waals surface area contributed by atoms with Crippen LogP contribution in [0.15, 0.2) is 30.3 Å². The number of likely N-dealkylation sites (tertiary alicyclic amines) is 1. The molecule has 1 aliphatic rings. The third-order valence-electron chi connectivity index (χ3n) is 4.05. The van der Waals surface area contributed by atoms with Crippen molar-refractivity contribution in [3.05, 3.63) is 35.9 Å². The van der Waals surface area contributed by atoms with E-state index in [0.717, 1.165) is 12.5 Å². The van der Waals surface area contributed by atoms with Crippen LogP contribution in [0.2, 0.25) is 0 Å². The Morgan fingerprint density at radius 2 is 1.84 bits per heavy atom. The topological polar surface area (TPSA) is 15.3 Å². The van der Waals surface area contributed by atoms with Crippen molar-refractivity contribution in [1.29, 1.82) is 0 Å². The highest BCUT2D eigenvalue weighted by atomic mass is 15.1. The highest BCUT2D eigenvalue weighted by molar-refractivity contribution is 5.15. The van der Waals surface area contributed by atoms with Gasteiger partial charge in [-0.15, -0.1) is 0 Å². The number of piperidine rings is 1. The lowest BCUT2D eigenvalue weighted by Gasteiger charge is -2.32. The minimum absolute atomic E-state index is 0.607. The summed E-state index contributed by atoms with van der Waals surface area (Å²) in [6.45, 7) is 9.31. The Balaban J connectivity index is 1.65. The Labute approximate surface area is 118 Å². The maximum absolute atomic E-state index is 3.50. The summed E-state index contributed by atoms with van der Waals surface area (Å²) in [6, 6.07) is 11.5. The van der Waals surface area contributed by atoms with Gasteiger partial charge in [-0.3, -0.25) is 0 Å². The molecule has 0 radical (unpaired) electrons. The molecule has 19 heavy (non-hydrogen) atoms. The molecular formula is C17H28N2. The van der Waals surface area contributed by atoms with E-state index in [0.29, 0.717) is 6.04 Å². The number of hydrogen-bond acceptors (Lipinski definition) is 2. The number of nitrogens with zero attached hydrogens (tertiary/aromatic N) is 1. The minimum Gasteiger partial charge on any atom is -0.313 e. The van der Waals surface area contributed by atoms with Gasteiger partial charge in [-0.25, -0.2) is 0 Å². The lowest BCUT2D eigenvalue weighted by molar-refractivity contribution is 0.183. The van der Waals surface area contributed by atoms with Crippen molar-refractivity contribution in [1.82, 2.24) is 10.2 Å². The molecule has 0 unspecified atom stereocenters. The number of benzene rings is 1. The fourth-order valence-electron chi connectivity index (χ4n) is 2.87. The average Bonchev–Trinajstić information content (AvgIpc) is 2.42. The van der Waals surface area contributed by atoms with Crippen LogP contribution in [-0.2, 0) is 6.42 Å². The van der Waals surface area contributed by atoms with E-state index in [9.17, 15) is 0 Å². The molecule has 2 nitrogen and oxygen atoms in total. The van der Waals surface area contributed by atoms with Gasteiger partial charge in [0.15, 0.2) is 0 Å². The van der Waals surface area contributed by atoms with Crippen molar-refractivity contribution >= 4 is 0 Å². The predicted molar refractivity (Wildman–Crippen MR) is 82.4 cm³/mol. The van der Waals surface area contributed by atoms with Crippen molar-refractivity contribution in [3.63, 3.8) is 0 Å². The van der Waals surface area contributed by atoms with Gasteiger partial charge in [0.25, 0.3) is 0 Å². The highest BCUT2D eigenvalue weighted by Crippen LogP contribution is 2.21. The molecule has 1 N–H and O–H groups in total. The van der Waals surface area contributed by atoms with Gasteiger partial charge in [-0.2, -0.15) is 0 Å². The Kier molecular flexibility index (Phi) is 5.87. The number of hydrogen-bond donors (Lipinski definition) is 1. The van der Waals surface area contributed by atoms with Gasteiger partial charge in [-0.1, -0.05) is 44.2 Å². The van der Waals surface area contributed by atoms with Gasteiger partial charge < -0.3 is 10.2 Å². The number of rotatable bonds is 6. The zero-order valence-electron chi connectivity index (χ0n) is 12.4. The minimum atomic E-state index is 0.607. The molecule has 0 saturated carbocycles. The molecule has 1 aliphatic heterocycles. The van der Waals surface area contributed by atoms with Gasteiger partial charge in [0.1, 0.15) is 0 Å². The fraction of sp³-hybridized carbons (Fsp3) is 0.647. The molecule has 106 valence electrons. The lowest BCUT2D eigenvalue weighted by atomic mass is 9.90. The van der Waals surface area contributed by atoms with Crippen LogP contribution in [-0.4, -0.2) is 37.1 Å². The summed E-state index contributed by atoms with van der Waals surface area (Å²) in [6.07, 6.45) is 3.98. The van der Waals surface area contributed by atoms with E-state index >= 15 is 0 Å². The van der Waals surface area contributed by atoms with Gasteiger partial charge in [-0.05, 0) is 43.8 Å². The van der Waals surface area contributed by atoms with E-state index in [1.165, 1.54) is 44.5 Å². The first-order chi connectivity index (χ1) is 9.24. The van der Waals surface area contributed by atoms with E-state index < -0.39 is 0 Å². The molecule has 0 atom stereocenters. The monoisotopic (exact) mass is 260 g/mol. The van der Waals surface area contributed by atoms with E-state index in [1.807, 2.05) is 0 Å². The summed E-state index contributed by atoms with van der Waals surface area (Å²) >= 11 is 0. The first kappa shape index (κ1) is 14.5. The lowest BCUT2D eigenvalue weighted by Crippen LogP contribution is -2.39. The molecule has 0 spiro atoms. The summed E-state index contributed by atoms with van der Waals surface area (Å²) in [5, 5.41) is 3.50. The van der Waals surface area contributed by atoms with Gasteiger partial charge >= 0.3 is 0 Å². The van der Waals surface area contributed by atoms with Crippen LogP contribution in [0.25, 0.3) is 0 Å². The predicted octanol–water partition coefficient (Wildman–Crippen LogP) is 2.94. The fourth-order valence-corrected chi connectivity index (χ4v) is 2.87. The zero-order chi connectivity index (χ0) is 13.5. The molecule has 1 heterocycles. The van der Waals surface area contributed by atoms with Gasteiger partial charge in [0.05, 0.1) is 0 Å². The molecule has 2 rings (SSSR count). The van der Waals surface area contributed by atoms with Gasteiger partial charge in [0.2, 0.25) is 0 Å². The van der Waals surface area contributed by atoms with Crippen molar-refractivity contribution < 1.29 is 0 Å². The van der Waals surface area contributed by atoms with E-state index in [2.05, 4.69) is 54.4 Å². The molecule has 2 heteroatoms. The average molecular weight is 260 g/mol. The summed E-state index contributed by atoms with van der Waals surface area (Å²) in [7, 11) is 0. The van der Waals surface area contributed by atoms with E-state index in [4.69, 9.17) is 0 Å². The first-order valence-corrected chi connectivity index (χ1v) is 7.73. The van der Waals surface area contributed by atoms with E-state index in [-0.39, 0.29) is 0 Å². The van der Waals surface area contributed by atoms with Crippen LogP contribution < -0.4 is 5.32 Å². The van der Waals surface area contributed by atoms with Crippen LogP contribution >= 0.6 is 0 Å². The Hall–Kier alpha value is -0.860. The Morgan fingerprint density at radius 3 is 2.47 bits per heavy atom. The highest BCUT2D eigenvalue weighted by Gasteiger charge is 2.18. The Bertz CT molecular complexity index is 340. The summed E-state index contributed by atoms with van der Waals surface area (Å²) in [5.41, 5.74) is 1.50. The summed E-state index contributed by atoms with van der Waals surface area (Å²) < 4.78 is 0. The maximum Gasteiger partial charge on any atom is 0.0107 e. The normalized spacial score (nSPS) is 18.1.